The van der Waals surface area contributed by atoms with Crippen LogP contribution in [0.1, 0.15) is 30.6 Å². The Morgan fingerprint density at radius 1 is 1.21 bits per heavy atom. The van der Waals surface area contributed by atoms with Crippen LogP contribution < -0.4 is 5.32 Å². The van der Waals surface area contributed by atoms with E-state index in [1.807, 2.05) is 36.4 Å². The number of pyridine rings is 1. The van der Waals surface area contributed by atoms with Gasteiger partial charge in [-0.1, -0.05) is 36.4 Å². The highest BCUT2D eigenvalue weighted by Gasteiger charge is 2.37. The molecule has 33 heavy (non-hydrogen) atoms. The van der Waals surface area contributed by atoms with Crippen molar-refractivity contribution in [1.82, 2.24) is 15.2 Å². The molecule has 0 saturated carbocycles. The molecule has 176 valence electrons. The fraction of sp³-hybridized carbons (Fsp3) is 0.417. The summed E-state index contributed by atoms with van der Waals surface area (Å²) in [5.74, 6) is -0.934. The fourth-order valence-corrected chi connectivity index (χ4v) is 4.98. The summed E-state index contributed by atoms with van der Waals surface area (Å²) in [4.78, 5) is 43.4. The first-order valence-corrected chi connectivity index (χ1v) is 12.1. The zero-order valence-electron chi connectivity index (χ0n) is 18.6. The molecule has 2 aromatic rings. The van der Waals surface area contributed by atoms with Gasteiger partial charge in [0.05, 0.1) is 24.4 Å². The number of esters is 1. The molecule has 0 bridgehead atoms. The Kier molecular flexibility index (Phi) is 9.26. The van der Waals surface area contributed by atoms with Gasteiger partial charge in [-0.15, -0.1) is 0 Å². The van der Waals surface area contributed by atoms with Crippen LogP contribution in [0.5, 0.6) is 0 Å². The number of aliphatic carboxylic acids is 1. The van der Waals surface area contributed by atoms with Crippen molar-refractivity contribution < 1.29 is 24.2 Å². The summed E-state index contributed by atoms with van der Waals surface area (Å²) in [5.41, 5.74) is 1.73. The number of thioether (sulfide) groups is 1. The van der Waals surface area contributed by atoms with Crippen molar-refractivity contribution >= 4 is 29.6 Å². The van der Waals surface area contributed by atoms with Gasteiger partial charge in [0.15, 0.2) is 0 Å². The van der Waals surface area contributed by atoms with E-state index >= 15 is 0 Å². The van der Waals surface area contributed by atoms with E-state index in [1.165, 1.54) is 16.7 Å². The van der Waals surface area contributed by atoms with Crippen molar-refractivity contribution in [2.24, 2.45) is 0 Å². The number of benzene rings is 1. The molecule has 1 saturated heterocycles. The lowest BCUT2D eigenvalue weighted by molar-refractivity contribution is -0.149. The number of nitrogens with zero attached hydrogens (tertiary/aromatic N) is 2. The van der Waals surface area contributed by atoms with E-state index in [0.29, 0.717) is 30.0 Å². The third kappa shape index (κ3) is 7.03. The van der Waals surface area contributed by atoms with Gasteiger partial charge in [0.25, 0.3) is 0 Å². The topological polar surface area (TPSA) is 109 Å². The summed E-state index contributed by atoms with van der Waals surface area (Å²) in [5, 5.41) is 12.6. The Bertz CT molecular complexity index is 928. The van der Waals surface area contributed by atoms with Crippen molar-refractivity contribution in [3.8, 4) is 0 Å². The molecule has 0 radical (unpaired) electrons. The van der Waals surface area contributed by atoms with E-state index in [9.17, 15) is 19.5 Å². The molecule has 1 aromatic carbocycles. The SMILES string of the molecule is CCOC(=O)C(CCc1ccccc1)NC1CSCC(c2ccccn2)N(CC(=O)O)C1=O. The van der Waals surface area contributed by atoms with Crippen molar-refractivity contribution in [3.05, 3.63) is 66.0 Å². The number of hydrogen-bond acceptors (Lipinski definition) is 7. The Morgan fingerprint density at radius 2 is 1.97 bits per heavy atom. The minimum Gasteiger partial charge on any atom is -0.480 e. The molecule has 2 heterocycles. The number of carbonyl (C=O) groups is 3. The molecule has 1 aliphatic rings. The van der Waals surface area contributed by atoms with E-state index < -0.39 is 36.6 Å². The maximum atomic E-state index is 13.5. The average Bonchev–Trinajstić information content (AvgIpc) is 2.96. The lowest BCUT2D eigenvalue weighted by Gasteiger charge is -2.31. The van der Waals surface area contributed by atoms with Crippen molar-refractivity contribution in [2.75, 3.05) is 24.7 Å². The molecule has 8 nitrogen and oxygen atoms in total. The lowest BCUT2D eigenvalue weighted by atomic mass is 10.0. The predicted molar refractivity (Wildman–Crippen MR) is 126 cm³/mol. The molecule has 2 N–H and O–H groups in total. The summed E-state index contributed by atoms with van der Waals surface area (Å²) in [6.45, 7) is 1.54. The molecular formula is C24H29N3O5S. The minimum absolute atomic E-state index is 0.239. The minimum atomic E-state index is -1.10. The number of aromatic nitrogens is 1. The van der Waals surface area contributed by atoms with Gasteiger partial charge < -0.3 is 14.7 Å². The van der Waals surface area contributed by atoms with Crippen LogP contribution in [-0.2, 0) is 25.5 Å². The molecule has 1 aliphatic heterocycles. The first-order chi connectivity index (χ1) is 16.0. The number of rotatable bonds is 10. The standard InChI is InChI=1S/C24H29N3O5S/c1-2-32-24(31)19(12-11-17-8-4-3-5-9-17)26-20-15-33-16-21(18-10-6-7-13-25-18)27(23(20)30)14-22(28)29/h3-10,13,19-21,26H,2,11-12,14-16H2,1H3,(H,28,29). The van der Waals surface area contributed by atoms with E-state index in [1.54, 1.807) is 25.3 Å². The van der Waals surface area contributed by atoms with Gasteiger partial charge in [-0.05, 0) is 37.5 Å². The van der Waals surface area contributed by atoms with Crippen molar-refractivity contribution in [1.29, 1.82) is 0 Å². The van der Waals surface area contributed by atoms with Gasteiger partial charge in [0, 0.05) is 17.7 Å². The third-order valence-corrected chi connectivity index (χ3v) is 6.51. The highest BCUT2D eigenvalue weighted by molar-refractivity contribution is 7.99. The van der Waals surface area contributed by atoms with Gasteiger partial charge in [-0.2, -0.15) is 11.8 Å². The fourth-order valence-electron chi connectivity index (χ4n) is 3.79. The second kappa shape index (κ2) is 12.4. The average molecular weight is 472 g/mol. The smallest absolute Gasteiger partial charge is 0.323 e. The third-order valence-electron chi connectivity index (χ3n) is 5.39. The van der Waals surface area contributed by atoms with Crippen LogP contribution in [0.2, 0.25) is 0 Å². The second-order valence-electron chi connectivity index (χ2n) is 7.72. The summed E-state index contributed by atoms with van der Waals surface area (Å²) in [6, 6.07) is 13.3. The van der Waals surface area contributed by atoms with Gasteiger partial charge in [-0.25, -0.2) is 0 Å². The molecular weight excluding hydrogens is 442 g/mol. The van der Waals surface area contributed by atoms with Crippen LogP contribution in [0.25, 0.3) is 0 Å². The molecule has 0 spiro atoms. The lowest BCUT2D eigenvalue weighted by Crippen LogP contribution is -2.54. The number of nitrogens with one attached hydrogen (secondary N) is 1. The molecule has 1 amide bonds. The molecule has 0 aliphatic carbocycles. The maximum Gasteiger partial charge on any atom is 0.323 e. The molecule has 3 unspecified atom stereocenters. The molecule has 9 heteroatoms. The predicted octanol–water partition coefficient (Wildman–Crippen LogP) is 2.31. The quantitative estimate of drug-likeness (QED) is 0.508. The summed E-state index contributed by atoms with van der Waals surface area (Å²) >= 11 is 1.53. The zero-order valence-corrected chi connectivity index (χ0v) is 19.4. The van der Waals surface area contributed by atoms with Gasteiger partial charge >= 0.3 is 11.9 Å². The van der Waals surface area contributed by atoms with E-state index in [4.69, 9.17) is 4.74 Å². The number of carboxylic acids is 1. The first kappa shape index (κ1) is 24.7. The van der Waals surface area contributed by atoms with E-state index in [0.717, 1.165) is 5.56 Å². The number of ether oxygens (including phenoxy) is 1. The second-order valence-corrected chi connectivity index (χ2v) is 8.79. The Hall–Kier alpha value is -2.91. The summed E-state index contributed by atoms with van der Waals surface area (Å²) < 4.78 is 5.25. The maximum absolute atomic E-state index is 13.5. The number of aryl methyl sites for hydroxylation is 1. The Balaban J connectivity index is 1.79. The number of hydrogen-bond donors (Lipinski definition) is 2. The van der Waals surface area contributed by atoms with Crippen LogP contribution in [0.4, 0.5) is 0 Å². The molecule has 1 fully saturated rings. The largest absolute Gasteiger partial charge is 0.480 e. The van der Waals surface area contributed by atoms with E-state index in [2.05, 4.69) is 10.3 Å². The number of amides is 1. The van der Waals surface area contributed by atoms with Crippen LogP contribution in [0.3, 0.4) is 0 Å². The number of carboxylic acid groups (broad SMARTS) is 1. The highest BCUT2D eigenvalue weighted by Crippen LogP contribution is 2.28. The van der Waals surface area contributed by atoms with Gasteiger partial charge in [0.2, 0.25) is 5.91 Å². The van der Waals surface area contributed by atoms with Crippen LogP contribution in [-0.4, -0.2) is 69.6 Å². The number of carbonyl (C=O) groups excluding carboxylic acids is 2. The van der Waals surface area contributed by atoms with Crippen molar-refractivity contribution in [2.45, 2.75) is 37.9 Å². The molecule has 3 atom stereocenters. The van der Waals surface area contributed by atoms with Gasteiger partial charge in [-0.3, -0.25) is 24.7 Å². The van der Waals surface area contributed by atoms with Crippen LogP contribution >= 0.6 is 11.8 Å². The van der Waals surface area contributed by atoms with E-state index in [-0.39, 0.29) is 12.5 Å². The van der Waals surface area contributed by atoms with Gasteiger partial charge in [0.1, 0.15) is 12.6 Å². The summed E-state index contributed by atoms with van der Waals surface area (Å²) in [7, 11) is 0. The Labute approximate surface area is 197 Å². The zero-order chi connectivity index (χ0) is 23.6. The Morgan fingerprint density at radius 3 is 2.64 bits per heavy atom. The summed E-state index contributed by atoms with van der Waals surface area (Å²) in [6.07, 6.45) is 2.73. The van der Waals surface area contributed by atoms with Crippen LogP contribution in [0.15, 0.2) is 54.7 Å². The highest BCUT2D eigenvalue weighted by atomic mass is 32.2. The van der Waals surface area contributed by atoms with Crippen LogP contribution in [0, 0.1) is 0 Å². The molecule has 1 aromatic heterocycles. The molecule has 3 rings (SSSR count). The normalized spacial score (nSPS) is 19.5. The monoisotopic (exact) mass is 471 g/mol. The first-order valence-electron chi connectivity index (χ1n) is 11.0. The van der Waals surface area contributed by atoms with Crippen molar-refractivity contribution in [3.63, 3.8) is 0 Å².